The number of rotatable bonds is 3. The molecule has 8 heteroatoms. The monoisotopic (exact) mass is 369 g/mol. The van der Waals surface area contributed by atoms with Crippen LogP contribution in [-0.4, -0.2) is 64.3 Å². The third-order valence-corrected chi connectivity index (χ3v) is 4.98. The lowest BCUT2D eigenvalue weighted by molar-refractivity contribution is -0.152. The van der Waals surface area contributed by atoms with Gasteiger partial charge in [0.05, 0.1) is 12.8 Å². The van der Waals surface area contributed by atoms with E-state index in [0.717, 1.165) is 5.56 Å². The molecule has 3 amide bonds. The standard InChI is InChI=1S/C19H19N3O5/c23-13-5-3-12(4-6-13)10-14-18(25)22-8-7-21(11-15(22)17(24)20-14)19(26)16-2-1-9-27-16/h1-6,9,14-15,23H,7-8,10-11H2,(H,20,24). The van der Waals surface area contributed by atoms with Gasteiger partial charge in [0.2, 0.25) is 11.8 Å². The number of furan rings is 1. The number of carbonyl (C=O) groups is 3. The second-order valence-corrected chi connectivity index (χ2v) is 6.71. The van der Waals surface area contributed by atoms with Crippen molar-refractivity contribution in [3.63, 3.8) is 0 Å². The summed E-state index contributed by atoms with van der Waals surface area (Å²) in [7, 11) is 0. The molecular formula is C19H19N3O5. The van der Waals surface area contributed by atoms with Gasteiger partial charge in [0, 0.05) is 19.5 Å². The molecular weight excluding hydrogens is 350 g/mol. The zero-order chi connectivity index (χ0) is 19.0. The minimum absolute atomic E-state index is 0.142. The Balaban J connectivity index is 1.45. The van der Waals surface area contributed by atoms with Gasteiger partial charge >= 0.3 is 0 Å². The van der Waals surface area contributed by atoms with Gasteiger partial charge in [-0.15, -0.1) is 0 Å². The molecule has 2 unspecified atom stereocenters. The fourth-order valence-electron chi connectivity index (χ4n) is 3.55. The summed E-state index contributed by atoms with van der Waals surface area (Å²) < 4.78 is 5.13. The first kappa shape index (κ1) is 17.1. The molecule has 2 aromatic rings. The highest BCUT2D eigenvalue weighted by Crippen LogP contribution is 2.20. The SMILES string of the molecule is O=C1NC(Cc2ccc(O)cc2)C(=O)N2CCN(C(=O)c3ccco3)CC12. The number of hydrogen-bond acceptors (Lipinski definition) is 5. The van der Waals surface area contributed by atoms with E-state index in [1.807, 2.05) is 0 Å². The van der Waals surface area contributed by atoms with Gasteiger partial charge in [-0.25, -0.2) is 0 Å². The Labute approximate surface area is 155 Å². The summed E-state index contributed by atoms with van der Waals surface area (Å²) in [5.41, 5.74) is 0.844. The largest absolute Gasteiger partial charge is 0.508 e. The van der Waals surface area contributed by atoms with Crippen LogP contribution in [0.3, 0.4) is 0 Å². The number of benzene rings is 1. The van der Waals surface area contributed by atoms with E-state index in [-0.39, 0.29) is 35.8 Å². The number of nitrogens with one attached hydrogen (secondary N) is 1. The van der Waals surface area contributed by atoms with E-state index in [2.05, 4.69) is 5.32 Å². The quantitative estimate of drug-likeness (QED) is 0.814. The Kier molecular flexibility index (Phi) is 4.31. The summed E-state index contributed by atoms with van der Waals surface area (Å²) in [6.07, 6.45) is 1.78. The molecule has 0 saturated carbocycles. The van der Waals surface area contributed by atoms with Crippen molar-refractivity contribution in [2.24, 2.45) is 0 Å². The van der Waals surface area contributed by atoms with Crippen LogP contribution < -0.4 is 5.32 Å². The van der Waals surface area contributed by atoms with Crippen LogP contribution in [0.15, 0.2) is 47.1 Å². The maximum atomic E-state index is 12.8. The highest BCUT2D eigenvalue weighted by atomic mass is 16.3. The third kappa shape index (κ3) is 3.25. The molecule has 1 aromatic carbocycles. The van der Waals surface area contributed by atoms with Crippen molar-refractivity contribution < 1.29 is 23.9 Å². The fourth-order valence-corrected chi connectivity index (χ4v) is 3.55. The molecule has 1 aromatic heterocycles. The summed E-state index contributed by atoms with van der Waals surface area (Å²) in [4.78, 5) is 40.9. The number of phenolic OH excluding ortho intramolecular Hbond substituents is 1. The van der Waals surface area contributed by atoms with Gasteiger partial charge in [0.15, 0.2) is 5.76 Å². The lowest BCUT2D eigenvalue weighted by Gasteiger charge is -2.45. The smallest absolute Gasteiger partial charge is 0.289 e. The Morgan fingerprint density at radius 2 is 1.96 bits per heavy atom. The van der Waals surface area contributed by atoms with Gasteiger partial charge in [0.1, 0.15) is 17.8 Å². The van der Waals surface area contributed by atoms with Crippen LogP contribution in [0.2, 0.25) is 0 Å². The number of amides is 3. The van der Waals surface area contributed by atoms with E-state index in [1.54, 1.807) is 41.3 Å². The van der Waals surface area contributed by atoms with Gasteiger partial charge in [-0.1, -0.05) is 12.1 Å². The van der Waals surface area contributed by atoms with Crippen molar-refractivity contribution in [1.29, 1.82) is 0 Å². The lowest BCUT2D eigenvalue weighted by atomic mass is 9.98. The normalized spacial score (nSPS) is 22.4. The number of fused-ring (bicyclic) bond motifs is 1. The predicted molar refractivity (Wildman–Crippen MR) is 93.9 cm³/mol. The van der Waals surface area contributed by atoms with Crippen molar-refractivity contribution in [1.82, 2.24) is 15.1 Å². The number of aromatic hydroxyl groups is 1. The summed E-state index contributed by atoms with van der Waals surface area (Å²) in [5, 5.41) is 12.1. The molecule has 0 bridgehead atoms. The Morgan fingerprint density at radius 1 is 1.19 bits per heavy atom. The molecule has 2 atom stereocenters. The third-order valence-electron chi connectivity index (χ3n) is 4.98. The Hall–Kier alpha value is -3.29. The molecule has 27 heavy (non-hydrogen) atoms. The predicted octanol–water partition coefficient (Wildman–Crippen LogP) is 0.379. The van der Waals surface area contributed by atoms with Crippen LogP contribution in [0.5, 0.6) is 5.75 Å². The van der Waals surface area contributed by atoms with E-state index in [0.29, 0.717) is 19.5 Å². The summed E-state index contributed by atoms with van der Waals surface area (Å²) in [5.74, 6) is -0.342. The van der Waals surface area contributed by atoms with Gasteiger partial charge in [-0.05, 0) is 29.8 Å². The van der Waals surface area contributed by atoms with E-state index >= 15 is 0 Å². The number of carbonyl (C=O) groups excluding carboxylic acids is 3. The molecule has 2 N–H and O–H groups in total. The van der Waals surface area contributed by atoms with E-state index in [4.69, 9.17) is 4.42 Å². The molecule has 2 fully saturated rings. The van der Waals surface area contributed by atoms with Crippen molar-refractivity contribution in [2.75, 3.05) is 19.6 Å². The van der Waals surface area contributed by atoms with Crippen LogP contribution >= 0.6 is 0 Å². The van der Waals surface area contributed by atoms with Crippen molar-refractivity contribution in [2.45, 2.75) is 18.5 Å². The van der Waals surface area contributed by atoms with Crippen molar-refractivity contribution in [3.05, 3.63) is 54.0 Å². The average molecular weight is 369 g/mol. The molecule has 8 nitrogen and oxygen atoms in total. The zero-order valence-electron chi connectivity index (χ0n) is 14.5. The van der Waals surface area contributed by atoms with Crippen molar-refractivity contribution in [3.8, 4) is 5.75 Å². The number of hydrogen-bond donors (Lipinski definition) is 2. The zero-order valence-corrected chi connectivity index (χ0v) is 14.5. The number of nitrogens with zero attached hydrogens (tertiary/aromatic N) is 2. The van der Waals surface area contributed by atoms with Crippen LogP contribution in [-0.2, 0) is 16.0 Å². The average Bonchev–Trinajstić information content (AvgIpc) is 3.21. The number of phenols is 1. The molecule has 3 heterocycles. The summed E-state index contributed by atoms with van der Waals surface area (Å²) in [6, 6.07) is 8.41. The van der Waals surface area contributed by atoms with Gasteiger partial charge in [-0.2, -0.15) is 0 Å². The van der Waals surface area contributed by atoms with Crippen molar-refractivity contribution >= 4 is 17.7 Å². The maximum Gasteiger partial charge on any atom is 0.289 e. The number of piperazine rings is 2. The van der Waals surface area contributed by atoms with E-state index < -0.39 is 12.1 Å². The second kappa shape index (κ2) is 6.79. The van der Waals surface area contributed by atoms with Crippen LogP contribution in [0.4, 0.5) is 0 Å². The second-order valence-electron chi connectivity index (χ2n) is 6.71. The molecule has 0 radical (unpaired) electrons. The fraction of sp³-hybridized carbons (Fsp3) is 0.316. The van der Waals surface area contributed by atoms with Crippen LogP contribution in [0.25, 0.3) is 0 Å². The minimum atomic E-state index is -0.693. The van der Waals surface area contributed by atoms with E-state index in [9.17, 15) is 19.5 Å². The molecule has 2 aliphatic heterocycles. The summed E-state index contributed by atoms with van der Waals surface area (Å²) in [6.45, 7) is 0.791. The highest BCUT2D eigenvalue weighted by Gasteiger charge is 2.44. The topological polar surface area (TPSA) is 103 Å². The van der Waals surface area contributed by atoms with Gasteiger partial charge < -0.3 is 24.6 Å². The lowest BCUT2D eigenvalue weighted by Crippen LogP contribution is -2.70. The minimum Gasteiger partial charge on any atom is -0.508 e. The first-order valence-electron chi connectivity index (χ1n) is 8.74. The van der Waals surface area contributed by atoms with E-state index in [1.165, 1.54) is 11.2 Å². The molecule has 2 aliphatic rings. The highest BCUT2D eigenvalue weighted by molar-refractivity contribution is 5.98. The molecule has 4 rings (SSSR count). The Morgan fingerprint density at radius 3 is 2.67 bits per heavy atom. The molecule has 2 saturated heterocycles. The van der Waals surface area contributed by atoms with Crippen LogP contribution in [0, 0.1) is 0 Å². The maximum absolute atomic E-state index is 12.8. The Bertz CT molecular complexity index is 862. The summed E-state index contributed by atoms with van der Waals surface area (Å²) >= 11 is 0. The first-order chi connectivity index (χ1) is 13.0. The van der Waals surface area contributed by atoms with Gasteiger partial charge in [-0.3, -0.25) is 14.4 Å². The first-order valence-corrected chi connectivity index (χ1v) is 8.74. The van der Waals surface area contributed by atoms with Crippen LogP contribution in [0.1, 0.15) is 16.1 Å². The molecule has 0 aliphatic carbocycles. The van der Waals surface area contributed by atoms with Gasteiger partial charge in [0.25, 0.3) is 5.91 Å². The molecule has 140 valence electrons. The molecule has 0 spiro atoms.